The lowest BCUT2D eigenvalue weighted by molar-refractivity contribution is -0.514. The van der Waals surface area contributed by atoms with Crippen LogP contribution in [0.1, 0.15) is 38.5 Å². The minimum Gasteiger partial charge on any atom is -0.481 e. The summed E-state index contributed by atoms with van der Waals surface area (Å²) in [5, 5.41) is 19.4. The topological polar surface area (TPSA) is 88.0 Å². The Hall–Kier alpha value is -0.690. The Morgan fingerprint density at radius 3 is 2.43 bits per heavy atom. The molecule has 0 radical (unpaired) electrons. The SMILES string of the molecule is O=C(O)CCCCCCCNOOO. The van der Waals surface area contributed by atoms with Crippen molar-refractivity contribution in [3.63, 3.8) is 0 Å². The Morgan fingerprint density at radius 2 is 1.79 bits per heavy atom. The molecule has 6 heteroatoms. The highest BCUT2D eigenvalue weighted by molar-refractivity contribution is 5.66. The minimum absolute atomic E-state index is 0.250. The van der Waals surface area contributed by atoms with Crippen molar-refractivity contribution >= 4 is 5.97 Å². The summed E-state index contributed by atoms with van der Waals surface area (Å²) >= 11 is 0. The first-order chi connectivity index (χ1) is 6.77. The van der Waals surface area contributed by atoms with Crippen molar-refractivity contribution < 1.29 is 25.2 Å². The molecule has 3 N–H and O–H groups in total. The van der Waals surface area contributed by atoms with E-state index in [0.717, 1.165) is 32.1 Å². The molecule has 0 bridgehead atoms. The van der Waals surface area contributed by atoms with Gasteiger partial charge in [0.05, 0.1) is 0 Å². The van der Waals surface area contributed by atoms with Crippen LogP contribution < -0.4 is 5.48 Å². The Bertz CT molecular complexity index is 142. The van der Waals surface area contributed by atoms with Crippen LogP contribution in [0.4, 0.5) is 0 Å². The maximum absolute atomic E-state index is 10.1. The number of rotatable bonds is 10. The smallest absolute Gasteiger partial charge is 0.303 e. The predicted molar refractivity (Wildman–Crippen MR) is 48.1 cm³/mol. The number of hydrogen-bond donors (Lipinski definition) is 3. The average molecular weight is 207 g/mol. The quantitative estimate of drug-likeness (QED) is 0.284. The van der Waals surface area contributed by atoms with E-state index in [1.54, 1.807) is 0 Å². The van der Waals surface area contributed by atoms with Gasteiger partial charge < -0.3 is 5.11 Å². The maximum atomic E-state index is 10.1. The highest BCUT2D eigenvalue weighted by Crippen LogP contribution is 2.04. The van der Waals surface area contributed by atoms with Crippen LogP contribution in [0.2, 0.25) is 0 Å². The largest absolute Gasteiger partial charge is 0.481 e. The number of hydroxylamine groups is 1. The lowest BCUT2D eigenvalue weighted by Gasteiger charge is -2.01. The molecular formula is C8H17NO5. The standard InChI is InChI=1S/C8H17NO5/c10-8(11)6-4-2-1-3-5-7-9-13-14-12/h9,12H,1-7H2,(H,10,11). The molecule has 0 rings (SSSR count). The molecule has 0 aromatic carbocycles. The molecule has 6 nitrogen and oxygen atoms in total. The highest BCUT2D eigenvalue weighted by Gasteiger charge is 1.96. The van der Waals surface area contributed by atoms with E-state index in [1.807, 2.05) is 0 Å². The Morgan fingerprint density at radius 1 is 1.14 bits per heavy atom. The molecule has 0 saturated carbocycles. The summed E-state index contributed by atoms with van der Waals surface area (Å²) in [5.41, 5.74) is 2.38. The van der Waals surface area contributed by atoms with Crippen molar-refractivity contribution in [1.29, 1.82) is 0 Å². The second-order valence-corrected chi connectivity index (χ2v) is 2.96. The van der Waals surface area contributed by atoms with Crippen molar-refractivity contribution in [3.8, 4) is 0 Å². The molecule has 0 unspecified atom stereocenters. The van der Waals surface area contributed by atoms with E-state index in [4.69, 9.17) is 10.4 Å². The number of hydrogen-bond acceptors (Lipinski definition) is 5. The zero-order valence-electron chi connectivity index (χ0n) is 8.07. The lowest BCUT2D eigenvalue weighted by Crippen LogP contribution is -2.15. The van der Waals surface area contributed by atoms with Gasteiger partial charge in [-0.3, -0.25) is 4.79 Å². The Balaban J connectivity index is 2.88. The van der Waals surface area contributed by atoms with Gasteiger partial charge in [-0.15, -0.1) is 4.99 Å². The van der Waals surface area contributed by atoms with Crippen LogP contribution in [0.5, 0.6) is 0 Å². The van der Waals surface area contributed by atoms with E-state index in [1.165, 1.54) is 0 Å². The monoisotopic (exact) mass is 207 g/mol. The zero-order valence-corrected chi connectivity index (χ0v) is 8.07. The molecule has 14 heavy (non-hydrogen) atoms. The van der Waals surface area contributed by atoms with Crippen LogP contribution in [-0.4, -0.2) is 22.9 Å². The van der Waals surface area contributed by atoms with Gasteiger partial charge in [0, 0.05) is 13.0 Å². The molecule has 0 spiro atoms. The molecule has 0 fully saturated rings. The molecule has 0 saturated heterocycles. The third-order valence-electron chi connectivity index (χ3n) is 1.77. The average Bonchev–Trinajstić information content (AvgIpc) is 2.15. The van der Waals surface area contributed by atoms with Gasteiger partial charge in [0.2, 0.25) is 0 Å². The molecule has 0 aliphatic rings. The maximum Gasteiger partial charge on any atom is 0.303 e. The number of aliphatic carboxylic acids is 1. The van der Waals surface area contributed by atoms with Gasteiger partial charge in [0.25, 0.3) is 0 Å². The third-order valence-corrected chi connectivity index (χ3v) is 1.77. The number of carbonyl (C=O) groups is 1. The fourth-order valence-corrected chi connectivity index (χ4v) is 1.07. The van der Waals surface area contributed by atoms with Crippen LogP contribution in [0.3, 0.4) is 0 Å². The second kappa shape index (κ2) is 10.4. The summed E-state index contributed by atoms with van der Waals surface area (Å²) in [6.45, 7) is 0.597. The lowest BCUT2D eigenvalue weighted by atomic mass is 10.1. The fraction of sp³-hybridized carbons (Fsp3) is 0.875. The summed E-state index contributed by atoms with van der Waals surface area (Å²) in [6, 6.07) is 0. The normalized spacial score (nSPS) is 10.4. The molecule has 0 atom stereocenters. The highest BCUT2D eigenvalue weighted by atomic mass is 17.5. The first-order valence-corrected chi connectivity index (χ1v) is 4.69. The van der Waals surface area contributed by atoms with Crippen LogP contribution >= 0.6 is 0 Å². The zero-order chi connectivity index (χ0) is 10.6. The van der Waals surface area contributed by atoms with Crippen LogP contribution in [0.15, 0.2) is 0 Å². The van der Waals surface area contributed by atoms with Gasteiger partial charge in [-0.25, -0.2) is 5.26 Å². The summed E-state index contributed by atoms with van der Waals surface area (Å²) in [6.07, 6.45) is 4.83. The van der Waals surface area contributed by atoms with E-state index in [2.05, 4.69) is 15.5 Å². The van der Waals surface area contributed by atoms with Crippen molar-refractivity contribution in [2.75, 3.05) is 6.54 Å². The van der Waals surface area contributed by atoms with Gasteiger partial charge >= 0.3 is 5.97 Å². The van der Waals surface area contributed by atoms with E-state index >= 15 is 0 Å². The molecule has 0 heterocycles. The minimum atomic E-state index is -0.736. The van der Waals surface area contributed by atoms with Crippen LogP contribution in [-0.2, 0) is 14.8 Å². The molecule has 84 valence electrons. The van der Waals surface area contributed by atoms with E-state index in [-0.39, 0.29) is 6.42 Å². The van der Waals surface area contributed by atoms with Crippen molar-refractivity contribution in [2.45, 2.75) is 38.5 Å². The molecule has 0 aromatic heterocycles. The summed E-state index contributed by atoms with van der Waals surface area (Å²) in [7, 11) is 0. The van der Waals surface area contributed by atoms with E-state index in [9.17, 15) is 4.79 Å². The first kappa shape index (κ1) is 13.3. The van der Waals surface area contributed by atoms with Crippen LogP contribution in [0, 0.1) is 0 Å². The second-order valence-electron chi connectivity index (χ2n) is 2.96. The van der Waals surface area contributed by atoms with Crippen molar-refractivity contribution in [2.24, 2.45) is 0 Å². The third kappa shape index (κ3) is 11.3. The number of carboxylic acid groups (broad SMARTS) is 1. The molecule has 0 aromatic rings. The van der Waals surface area contributed by atoms with Crippen molar-refractivity contribution in [1.82, 2.24) is 5.48 Å². The van der Waals surface area contributed by atoms with E-state index < -0.39 is 5.97 Å². The Labute approximate surface area is 82.6 Å². The molecule has 0 amide bonds. The number of unbranched alkanes of at least 4 members (excludes halogenated alkanes) is 4. The van der Waals surface area contributed by atoms with E-state index in [0.29, 0.717) is 6.54 Å². The van der Waals surface area contributed by atoms with Crippen molar-refractivity contribution in [3.05, 3.63) is 0 Å². The Kier molecular flexibility index (Phi) is 9.88. The van der Waals surface area contributed by atoms with Gasteiger partial charge in [-0.05, 0) is 12.8 Å². The van der Waals surface area contributed by atoms with Crippen LogP contribution in [0.25, 0.3) is 0 Å². The van der Waals surface area contributed by atoms with Gasteiger partial charge in [-0.2, -0.15) is 5.48 Å². The first-order valence-electron chi connectivity index (χ1n) is 4.69. The van der Waals surface area contributed by atoms with Gasteiger partial charge in [0.15, 0.2) is 0 Å². The fourth-order valence-electron chi connectivity index (χ4n) is 1.07. The predicted octanol–water partition coefficient (Wildman–Crippen LogP) is 1.34. The molecule has 0 aliphatic carbocycles. The van der Waals surface area contributed by atoms with Gasteiger partial charge in [0.1, 0.15) is 0 Å². The van der Waals surface area contributed by atoms with Gasteiger partial charge in [-0.1, -0.05) is 24.3 Å². The summed E-state index contributed by atoms with van der Waals surface area (Å²) in [5.74, 6) is -0.736. The number of nitrogens with one attached hydrogen (secondary N) is 1. The summed E-state index contributed by atoms with van der Waals surface area (Å²) < 4.78 is 0. The summed E-state index contributed by atoms with van der Waals surface area (Å²) in [4.78, 5) is 14.2. The molecular weight excluding hydrogens is 190 g/mol. The molecule has 0 aliphatic heterocycles. The number of carboxylic acids is 1.